The van der Waals surface area contributed by atoms with Crippen LogP contribution in [0.2, 0.25) is 10.2 Å². The van der Waals surface area contributed by atoms with Crippen LogP contribution in [0.3, 0.4) is 0 Å². The van der Waals surface area contributed by atoms with E-state index >= 15 is 0 Å². The van der Waals surface area contributed by atoms with Gasteiger partial charge in [0.1, 0.15) is 5.15 Å². The molecule has 0 fully saturated rings. The molecule has 5 heteroatoms. The molecule has 3 nitrogen and oxygen atoms in total. The van der Waals surface area contributed by atoms with Crippen LogP contribution >= 0.6 is 23.2 Å². The van der Waals surface area contributed by atoms with Crippen molar-refractivity contribution in [3.63, 3.8) is 0 Å². The van der Waals surface area contributed by atoms with Crippen molar-refractivity contribution in [3.05, 3.63) is 28.0 Å². The van der Waals surface area contributed by atoms with Crippen LogP contribution in [-0.4, -0.2) is 17.4 Å². The third kappa shape index (κ3) is 3.73. The number of carbonyl (C=O) groups is 1. The Bertz CT molecular complexity index is 449. The maximum atomic E-state index is 11.6. The van der Waals surface area contributed by atoms with Gasteiger partial charge in [-0.1, -0.05) is 23.2 Å². The summed E-state index contributed by atoms with van der Waals surface area (Å²) in [5.74, 6) is 5.36. The SMILES string of the molecule is CC#CCCNC(=O)c1cnc(Cl)c(Cl)c1. The van der Waals surface area contributed by atoms with Crippen LogP contribution in [-0.2, 0) is 0 Å². The molecule has 1 rings (SSSR count). The number of aromatic nitrogens is 1. The first kappa shape index (κ1) is 12.8. The fourth-order valence-corrected chi connectivity index (χ4v) is 1.28. The van der Waals surface area contributed by atoms with E-state index in [1.807, 2.05) is 0 Å². The molecule has 0 aliphatic rings. The van der Waals surface area contributed by atoms with Crippen LogP contribution in [0, 0.1) is 11.8 Å². The predicted molar refractivity (Wildman–Crippen MR) is 64.7 cm³/mol. The van der Waals surface area contributed by atoms with Crippen LogP contribution < -0.4 is 5.32 Å². The highest BCUT2D eigenvalue weighted by Gasteiger charge is 2.07. The summed E-state index contributed by atoms with van der Waals surface area (Å²) in [6, 6.07) is 1.48. The third-order valence-corrected chi connectivity index (χ3v) is 2.46. The van der Waals surface area contributed by atoms with Gasteiger partial charge in [-0.3, -0.25) is 4.79 Å². The third-order valence-electron chi connectivity index (χ3n) is 1.77. The molecule has 1 amide bonds. The first-order chi connectivity index (χ1) is 7.65. The first-order valence-electron chi connectivity index (χ1n) is 4.64. The van der Waals surface area contributed by atoms with E-state index in [9.17, 15) is 4.79 Å². The molecule has 0 saturated carbocycles. The second-order valence-electron chi connectivity index (χ2n) is 2.93. The van der Waals surface area contributed by atoms with Crippen molar-refractivity contribution in [3.8, 4) is 11.8 Å². The van der Waals surface area contributed by atoms with Gasteiger partial charge < -0.3 is 5.32 Å². The van der Waals surface area contributed by atoms with Crippen molar-refractivity contribution in [2.24, 2.45) is 0 Å². The summed E-state index contributed by atoms with van der Waals surface area (Å²) in [7, 11) is 0. The van der Waals surface area contributed by atoms with Gasteiger partial charge in [0.2, 0.25) is 0 Å². The van der Waals surface area contributed by atoms with Gasteiger partial charge in [-0.15, -0.1) is 11.8 Å². The Labute approximate surface area is 104 Å². The number of pyridine rings is 1. The van der Waals surface area contributed by atoms with Crippen molar-refractivity contribution in [2.45, 2.75) is 13.3 Å². The summed E-state index contributed by atoms with van der Waals surface area (Å²) in [5, 5.41) is 3.15. The highest BCUT2D eigenvalue weighted by molar-refractivity contribution is 6.41. The quantitative estimate of drug-likeness (QED) is 0.513. The molecule has 1 aromatic heterocycles. The normalized spacial score (nSPS) is 9.19. The Morgan fingerprint density at radius 2 is 2.31 bits per heavy atom. The molecule has 1 heterocycles. The van der Waals surface area contributed by atoms with Crippen LogP contribution in [0.15, 0.2) is 12.3 Å². The molecule has 0 aliphatic heterocycles. The van der Waals surface area contributed by atoms with E-state index in [2.05, 4.69) is 22.1 Å². The second-order valence-corrected chi connectivity index (χ2v) is 3.69. The number of nitrogens with zero attached hydrogens (tertiary/aromatic N) is 1. The minimum absolute atomic E-state index is 0.190. The Morgan fingerprint density at radius 3 is 2.94 bits per heavy atom. The van der Waals surface area contributed by atoms with E-state index in [1.165, 1.54) is 12.3 Å². The predicted octanol–water partition coefficient (Wildman–Crippen LogP) is 2.53. The molecule has 0 aromatic carbocycles. The monoisotopic (exact) mass is 256 g/mol. The molecular weight excluding hydrogens is 247 g/mol. The van der Waals surface area contributed by atoms with Gasteiger partial charge in [-0.25, -0.2) is 4.98 Å². The van der Waals surface area contributed by atoms with Gasteiger partial charge in [-0.2, -0.15) is 0 Å². The summed E-state index contributed by atoms with van der Waals surface area (Å²) in [6.45, 7) is 2.25. The van der Waals surface area contributed by atoms with E-state index in [0.29, 0.717) is 18.5 Å². The minimum atomic E-state index is -0.232. The molecule has 0 aliphatic carbocycles. The molecule has 0 saturated heterocycles. The fraction of sp³-hybridized carbons (Fsp3) is 0.273. The highest BCUT2D eigenvalue weighted by Crippen LogP contribution is 2.19. The zero-order chi connectivity index (χ0) is 12.0. The number of rotatable bonds is 3. The molecule has 0 spiro atoms. The van der Waals surface area contributed by atoms with Crippen LogP contribution in [0.4, 0.5) is 0 Å². The summed E-state index contributed by atoms with van der Waals surface area (Å²) >= 11 is 11.4. The molecule has 84 valence electrons. The lowest BCUT2D eigenvalue weighted by atomic mass is 10.2. The fourth-order valence-electron chi connectivity index (χ4n) is 1.01. The number of nitrogens with one attached hydrogen (secondary N) is 1. The van der Waals surface area contributed by atoms with Crippen molar-refractivity contribution < 1.29 is 4.79 Å². The number of carbonyl (C=O) groups excluding carboxylic acids is 1. The zero-order valence-electron chi connectivity index (χ0n) is 8.68. The summed E-state index contributed by atoms with van der Waals surface area (Å²) in [6.07, 6.45) is 2.01. The van der Waals surface area contributed by atoms with E-state index < -0.39 is 0 Å². The van der Waals surface area contributed by atoms with Crippen molar-refractivity contribution in [2.75, 3.05) is 6.54 Å². The van der Waals surface area contributed by atoms with E-state index in [4.69, 9.17) is 23.2 Å². The van der Waals surface area contributed by atoms with E-state index in [1.54, 1.807) is 6.92 Å². The molecule has 1 aromatic rings. The average molecular weight is 257 g/mol. The topological polar surface area (TPSA) is 42.0 Å². The summed E-state index contributed by atoms with van der Waals surface area (Å²) in [5.41, 5.74) is 0.388. The number of hydrogen-bond acceptors (Lipinski definition) is 2. The molecular formula is C11H10Cl2N2O. The number of amides is 1. The molecule has 0 unspecified atom stereocenters. The smallest absolute Gasteiger partial charge is 0.252 e. The maximum absolute atomic E-state index is 11.6. The largest absolute Gasteiger partial charge is 0.351 e. The Morgan fingerprint density at radius 1 is 1.56 bits per heavy atom. The molecule has 16 heavy (non-hydrogen) atoms. The zero-order valence-corrected chi connectivity index (χ0v) is 10.2. The standard InChI is InChI=1S/C11H10Cl2N2O/c1-2-3-4-5-14-11(16)8-6-9(12)10(13)15-7-8/h6-7H,4-5H2,1H3,(H,14,16). The minimum Gasteiger partial charge on any atom is -0.351 e. The van der Waals surface area contributed by atoms with Crippen LogP contribution in [0.5, 0.6) is 0 Å². The van der Waals surface area contributed by atoms with Gasteiger partial charge in [0, 0.05) is 19.2 Å². The highest BCUT2D eigenvalue weighted by atomic mass is 35.5. The Balaban J connectivity index is 2.58. The number of hydrogen-bond donors (Lipinski definition) is 1. The molecule has 0 bridgehead atoms. The Kier molecular flexibility index (Phi) is 5.10. The van der Waals surface area contributed by atoms with E-state index in [-0.39, 0.29) is 16.1 Å². The van der Waals surface area contributed by atoms with Crippen molar-refractivity contribution in [1.29, 1.82) is 0 Å². The van der Waals surface area contributed by atoms with E-state index in [0.717, 1.165) is 0 Å². The molecule has 0 atom stereocenters. The van der Waals surface area contributed by atoms with Gasteiger partial charge in [0.25, 0.3) is 5.91 Å². The Hall–Kier alpha value is -1.24. The molecule has 1 N–H and O–H groups in total. The second kappa shape index (κ2) is 6.37. The summed E-state index contributed by atoms with van der Waals surface area (Å²) in [4.78, 5) is 15.4. The lowest BCUT2D eigenvalue weighted by Crippen LogP contribution is -2.24. The van der Waals surface area contributed by atoms with Crippen molar-refractivity contribution in [1.82, 2.24) is 10.3 Å². The maximum Gasteiger partial charge on any atom is 0.252 e. The lowest BCUT2D eigenvalue weighted by Gasteiger charge is -2.03. The van der Waals surface area contributed by atoms with Crippen LogP contribution in [0.25, 0.3) is 0 Å². The molecule has 0 radical (unpaired) electrons. The van der Waals surface area contributed by atoms with Gasteiger partial charge >= 0.3 is 0 Å². The average Bonchev–Trinajstić information content (AvgIpc) is 2.28. The lowest BCUT2D eigenvalue weighted by molar-refractivity contribution is 0.0954. The van der Waals surface area contributed by atoms with Gasteiger partial charge in [0.15, 0.2) is 0 Å². The van der Waals surface area contributed by atoms with Crippen molar-refractivity contribution >= 4 is 29.1 Å². The van der Waals surface area contributed by atoms with Gasteiger partial charge in [0.05, 0.1) is 10.6 Å². The van der Waals surface area contributed by atoms with Gasteiger partial charge in [-0.05, 0) is 13.0 Å². The van der Waals surface area contributed by atoms with Crippen LogP contribution in [0.1, 0.15) is 23.7 Å². The summed E-state index contributed by atoms with van der Waals surface area (Å²) < 4.78 is 0. The first-order valence-corrected chi connectivity index (χ1v) is 5.39. The number of halogens is 2.